The molecule has 1 saturated carbocycles. The Kier molecular flexibility index (Phi) is 12.5. The quantitative estimate of drug-likeness (QED) is 0.336. The minimum absolute atomic E-state index is 0.136. The zero-order chi connectivity index (χ0) is 23.9. The average Bonchev–Trinajstić information content (AvgIpc) is 2.80. The molecule has 2 unspecified atom stereocenters. The number of hydrogen-bond donors (Lipinski definition) is 2. The Morgan fingerprint density at radius 3 is 1.70 bits per heavy atom. The number of hydrogen-bond acceptors (Lipinski definition) is 2. The van der Waals surface area contributed by atoms with Crippen LogP contribution in [0.15, 0.2) is 60.7 Å². The Labute approximate surface area is 209 Å². The summed E-state index contributed by atoms with van der Waals surface area (Å²) < 4.78 is 2.60. The predicted octanol–water partition coefficient (Wildman–Crippen LogP) is 5.31. The zero-order valence-corrected chi connectivity index (χ0v) is 22.0. The minimum atomic E-state index is 0.136. The Hall–Kier alpha value is -1.91. The van der Waals surface area contributed by atoms with Crippen LogP contribution < -0.4 is 10.6 Å². The number of carbonyl (C=O) groups is 2. The summed E-state index contributed by atoms with van der Waals surface area (Å²) >= 11 is 0.136. The van der Waals surface area contributed by atoms with Gasteiger partial charge in [0.15, 0.2) is 0 Å². The van der Waals surface area contributed by atoms with Crippen molar-refractivity contribution < 1.29 is 28.7 Å². The van der Waals surface area contributed by atoms with Crippen LogP contribution in [-0.2, 0) is 38.2 Å². The predicted molar refractivity (Wildman–Crippen MR) is 132 cm³/mol. The molecule has 1 aliphatic carbocycles. The maximum absolute atomic E-state index is 10.8. The van der Waals surface area contributed by atoms with Gasteiger partial charge in [-0.05, 0) is 30.6 Å². The molecule has 4 nitrogen and oxygen atoms in total. The summed E-state index contributed by atoms with van der Waals surface area (Å²) in [6.07, 6.45) is 6.89. The molecular formula is C28H40N2O2Ti. The Morgan fingerprint density at radius 1 is 0.848 bits per heavy atom. The average molecular weight is 485 g/mol. The summed E-state index contributed by atoms with van der Waals surface area (Å²) in [5, 5.41) is 5.90. The van der Waals surface area contributed by atoms with Gasteiger partial charge in [-0.2, -0.15) is 0 Å². The van der Waals surface area contributed by atoms with Gasteiger partial charge in [0, 0.05) is 12.1 Å². The van der Waals surface area contributed by atoms with Crippen LogP contribution in [-0.4, -0.2) is 24.9 Å². The Morgan fingerprint density at radius 2 is 1.30 bits per heavy atom. The van der Waals surface area contributed by atoms with Crippen LogP contribution in [0.3, 0.4) is 0 Å². The van der Waals surface area contributed by atoms with Gasteiger partial charge in [0.05, 0.1) is 0 Å². The van der Waals surface area contributed by atoms with Crippen LogP contribution in [0.2, 0.25) is 0 Å². The van der Waals surface area contributed by atoms with E-state index in [0.717, 1.165) is 44.9 Å². The molecule has 0 spiro atoms. The van der Waals surface area contributed by atoms with E-state index in [4.69, 9.17) is 0 Å². The molecule has 0 heterocycles. The summed E-state index contributed by atoms with van der Waals surface area (Å²) in [6, 6.07) is 22.0. The van der Waals surface area contributed by atoms with Crippen LogP contribution in [0.4, 0.5) is 0 Å². The molecule has 2 atom stereocenters. The molecule has 0 bridgehead atoms. The second-order valence-corrected chi connectivity index (χ2v) is 11.6. The third-order valence-electron chi connectivity index (χ3n) is 6.38. The fourth-order valence-electron chi connectivity index (χ4n) is 4.78. The molecule has 3 rings (SSSR count). The molecule has 5 heteroatoms. The Bertz CT molecular complexity index is 737. The maximum atomic E-state index is 10.8. The van der Waals surface area contributed by atoms with E-state index in [-0.39, 0.29) is 36.7 Å². The third kappa shape index (κ3) is 10.3. The van der Waals surface area contributed by atoms with Gasteiger partial charge in [0.25, 0.3) is 0 Å². The standard InChI is InChI=1S/C14H26N2O2.2C7H7.Ti/c1-4-5-6-11-12(15-9-17)7-14(2,3)8-13(11)16-10-18;2*1-7-5-3-2-4-6-7;/h9-13H,4-8H2,1-3H3,(H,15,17)(H,16,18);2*2-6H,1H2;. The summed E-state index contributed by atoms with van der Waals surface area (Å²) in [5.41, 5.74) is 3.14. The van der Waals surface area contributed by atoms with E-state index in [1.165, 1.54) is 20.6 Å². The van der Waals surface area contributed by atoms with Gasteiger partial charge in [0.2, 0.25) is 12.8 Å². The van der Waals surface area contributed by atoms with Crippen molar-refractivity contribution in [1.29, 1.82) is 0 Å². The Balaban J connectivity index is 0.000000237. The summed E-state index contributed by atoms with van der Waals surface area (Å²) in [7, 11) is 0. The summed E-state index contributed by atoms with van der Waals surface area (Å²) in [5.74, 6) is 0.355. The molecule has 1 aliphatic rings. The van der Waals surface area contributed by atoms with Crippen LogP contribution >= 0.6 is 0 Å². The van der Waals surface area contributed by atoms with E-state index in [2.05, 4.69) is 92.1 Å². The summed E-state index contributed by atoms with van der Waals surface area (Å²) in [6.45, 7) is 6.56. The molecule has 2 N–H and O–H groups in total. The fraction of sp³-hybridized carbons (Fsp3) is 0.500. The van der Waals surface area contributed by atoms with Gasteiger partial charge in [-0.1, -0.05) is 33.6 Å². The SMILES string of the molecule is CCCCC1C(NC=O)CC(C)(C)CC1NC=O.c1ccc([CH2][Ti][CH2]c2ccccc2)cc1. The first-order valence-electron chi connectivity index (χ1n) is 12.2. The molecular weight excluding hydrogens is 444 g/mol. The van der Waals surface area contributed by atoms with E-state index in [1.54, 1.807) is 0 Å². The molecule has 0 aromatic heterocycles. The van der Waals surface area contributed by atoms with Crippen LogP contribution in [0.5, 0.6) is 0 Å². The molecule has 0 aliphatic heterocycles. The number of unbranched alkanes of at least 4 members (excludes halogenated alkanes) is 1. The van der Waals surface area contributed by atoms with Crippen molar-refractivity contribution in [3.8, 4) is 0 Å². The molecule has 0 radical (unpaired) electrons. The molecule has 2 aromatic rings. The monoisotopic (exact) mass is 484 g/mol. The molecule has 0 saturated heterocycles. The molecule has 33 heavy (non-hydrogen) atoms. The van der Waals surface area contributed by atoms with Crippen LogP contribution in [0.25, 0.3) is 0 Å². The zero-order valence-electron chi connectivity index (χ0n) is 20.4. The van der Waals surface area contributed by atoms with Crippen LogP contribution in [0, 0.1) is 11.3 Å². The van der Waals surface area contributed by atoms with E-state index < -0.39 is 0 Å². The van der Waals surface area contributed by atoms with Crippen LogP contribution in [0.1, 0.15) is 64.0 Å². The number of rotatable bonds is 11. The number of carbonyl (C=O) groups excluding carboxylic acids is 2. The second kappa shape index (κ2) is 15.1. The van der Waals surface area contributed by atoms with Gasteiger partial charge in [-0.25, -0.2) is 0 Å². The normalized spacial score (nSPS) is 21.1. The van der Waals surface area contributed by atoms with E-state index >= 15 is 0 Å². The third-order valence-corrected chi connectivity index (χ3v) is 8.43. The van der Waals surface area contributed by atoms with Crippen molar-refractivity contribution in [3.63, 3.8) is 0 Å². The first-order valence-corrected chi connectivity index (χ1v) is 14.4. The van der Waals surface area contributed by atoms with E-state index in [9.17, 15) is 9.59 Å². The number of amides is 2. The first kappa shape index (κ1) is 27.3. The van der Waals surface area contributed by atoms with E-state index in [0.29, 0.717) is 5.92 Å². The fourth-order valence-corrected chi connectivity index (χ4v) is 6.61. The van der Waals surface area contributed by atoms with Gasteiger partial charge >= 0.3 is 100 Å². The number of nitrogens with one attached hydrogen (secondary N) is 2. The molecule has 1 fully saturated rings. The molecule has 178 valence electrons. The number of benzene rings is 2. The van der Waals surface area contributed by atoms with Gasteiger partial charge in [0.1, 0.15) is 0 Å². The summed E-state index contributed by atoms with van der Waals surface area (Å²) in [4.78, 5) is 21.5. The molecule has 2 amide bonds. The van der Waals surface area contributed by atoms with Gasteiger partial charge < -0.3 is 10.6 Å². The molecule has 2 aromatic carbocycles. The van der Waals surface area contributed by atoms with Crippen molar-refractivity contribution in [3.05, 3.63) is 71.8 Å². The van der Waals surface area contributed by atoms with Crippen molar-refractivity contribution >= 4 is 12.8 Å². The topological polar surface area (TPSA) is 58.2 Å². The first-order chi connectivity index (χ1) is 16.0. The van der Waals surface area contributed by atoms with Crippen molar-refractivity contribution in [2.45, 2.75) is 74.4 Å². The van der Waals surface area contributed by atoms with Crippen molar-refractivity contribution in [1.82, 2.24) is 10.6 Å². The second-order valence-electron chi connectivity index (χ2n) is 9.74. The van der Waals surface area contributed by atoms with E-state index in [1.807, 2.05) is 0 Å². The van der Waals surface area contributed by atoms with Gasteiger partial charge in [-0.15, -0.1) is 0 Å². The van der Waals surface area contributed by atoms with Crippen molar-refractivity contribution in [2.75, 3.05) is 0 Å². The van der Waals surface area contributed by atoms with Crippen molar-refractivity contribution in [2.24, 2.45) is 11.3 Å². The van der Waals surface area contributed by atoms with Gasteiger partial charge in [-0.3, -0.25) is 9.59 Å².